The molecule has 1 saturated heterocycles. The number of ether oxygens (including phenoxy) is 1. The van der Waals surface area contributed by atoms with Gasteiger partial charge in [0.25, 0.3) is 0 Å². The van der Waals surface area contributed by atoms with Gasteiger partial charge < -0.3 is 15.0 Å². The first-order valence-corrected chi connectivity index (χ1v) is 7.87. The molecule has 4 nitrogen and oxygen atoms in total. The fraction of sp³-hybridized carbons (Fsp3) is 0.923. The maximum Gasteiger partial charge on any atom is 0.410 e. The predicted octanol–water partition coefficient (Wildman–Crippen LogP) is 2.34. The van der Waals surface area contributed by atoms with Crippen LogP contribution in [0.25, 0.3) is 0 Å². The van der Waals surface area contributed by atoms with E-state index < -0.39 is 5.60 Å². The van der Waals surface area contributed by atoms with Crippen molar-refractivity contribution < 1.29 is 9.53 Å². The molecule has 5 heteroatoms. The van der Waals surface area contributed by atoms with Crippen molar-refractivity contribution in [3.05, 3.63) is 0 Å². The molecular weight excluding hydrogens is 248 g/mol. The lowest BCUT2D eigenvalue weighted by atomic mass is 10.2. The number of carbonyl (C=O) groups excluding carboxylic acids is 1. The summed E-state index contributed by atoms with van der Waals surface area (Å²) in [4.78, 5) is 13.6. The first kappa shape index (κ1) is 15.6. The molecule has 1 amide bonds. The number of nitrogens with one attached hydrogen (secondary N) is 1. The Kier molecular flexibility index (Phi) is 6.29. The van der Waals surface area contributed by atoms with Gasteiger partial charge in [-0.1, -0.05) is 0 Å². The van der Waals surface area contributed by atoms with Crippen molar-refractivity contribution in [2.75, 3.05) is 31.1 Å². The molecular formula is C13H26N2O2S. The quantitative estimate of drug-likeness (QED) is 0.835. The van der Waals surface area contributed by atoms with Crippen LogP contribution >= 0.6 is 11.8 Å². The van der Waals surface area contributed by atoms with Crippen LogP contribution in [0.5, 0.6) is 0 Å². The molecule has 0 radical (unpaired) electrons. The Bertz CT molecular complexity index is 260. The standard InChI is InChI=1S/C13H26N2O2S/c1-5-15(12(16)17-13(2,3)4)8-7-14-11-6-9-18-10-11/h11,14H,5-10H2,1-4H3. The Morgan fingerprint density at radius 1 is 1.50 bits per heavy atom. The SMILES string of the molecule is CCN(CCNC1CCSC1)C(=O)OC(C)(C)C. The highest BCUT2D eigenvalue weighted by Gasteiger charge is 2.21. The predicted molar refractivity (Wildman–Crippen MR) is 77.2 cm³/mol. The van der Waals surface area contributed by atoms with Gasteiger partial charge in [-0.3, -0.25) is 0 Å². The second kappa shape index (κ2) is 7.24. The average Bonchev–Trinajstić information content (AvgIpc) is 2.74. The number of likely N-dealkylation sites (N-methyl/N-ethyl adjacent to an activating group) is 1. The fourth-order valence-corrected chi connectivity index (χ4v) is 2.99. The first-order valence-electron chi connectivity index (χ1n) is 6.71. The summed E-state index contributed by atoms with van der Waals surface area (Å²) >= 11 is 1.99. The van der Waals surface area contributed by atoms with E-state index in [9.17, 15) is 4.79 Å². The van der Waals surface area contributed by atoms with Gasteiger partial charge in [0, 0.05) is 31.4 Å². The van der Waals surface area contributed by atoms with E-state index in [1.165, 1.54) is 17.9 Å². The maximum absolute atomic E-state index is 11.9. The van der Waals surface area contributed by atoms with Gasteiger partial charge in [0.05, 0.1) is 0 Å². The first-order chi connectivity index (χ1) is 8.42. The van der Waals surface area contributed by atoms with Gasteiger partial charge >= 0.3 is 6.09 Å². The lowest BCUT2D eigenvalue weighted by Gasteiger charge is -2.27. The molecule has 1 N–H and O–H groups in total. The lowest BCUT2D eigenvalue weighted by molar-refractivity contribution is 0.0261. The molecule has 1 fully saturated rings. The van der Waals surface area contributed by atoms with Gasteiger partial charge in [0.2, 0.25) is 0 Å². The van der Waals surface area contributed by atoms with Gasteiger partial charge in [0.1, 0.15) is 5.60 Å². The van der Waals surface area contributed by atoms with Gasteiger partial charge in [-0.2, -0.15) is 11.8 Å². The fourth-order valence-electron chi connectivity index (χ4n) is 1.80. The Hall–Kier alpha value is -0.420. The molecule has 1 atom stereocenters. The van der Waals surface area contributed by atoms with Crippen molar-refractivity contribution in [3.8, 4) is 0 Å². The Morgan fingerprint density at radius 3 is 2.72 bits per heavy atom. The van der Waals surface area contributed by atoms with Crippen LogP contribution in [0, 0.1) is 0 Å². The third-order valence-corrected chi connectivity index (χ3v) is 3.94. The smallest absolute Gasteiger partial charge is 0.410 e. The third-order valence-electron chi connectivity index (χ3n) is 2.78. The van der Waals surface area contributed by atoms with Crippen LogP contribution in [0.15, 0.2) is 0 Å². The number of rotatable bonds is 5. The minimum Gasteiger partial charge on any atom is -0.444 e. The van der Waals surface area contributed by atoms with Gasteiger partial charge in [-0.25, -0.2) is 4.79 Å². The van der Waals surface area contributed by atoms with E-state index in [0.29, 0.717) is 19.1 Å². The minimum absolute atomic E-state index is 0.215. The number of thioether (sulfide) groups is 1. The van der Waals surface area contributed by atoms with E-state index in [-0.39, 0.29) is 6.09 Å². The lowest BCUT2D eigenvalue weighted by Crippen LogP contribution is -2.42. The summed E-state index contributed by atoms with van der Waals surface area (Å²) in [5.41, 5.74) is -0.417. The zero-order chi connectivity index (χ0) is 13.6. The molecule has 106 valence electrons. The number of carbonyl (C=O) groups is 1. The molecule has 18 heavy (non-hydrogen) atoms. The van der Waals surface area contributed by atoms with Crippen LogP contribution in [0.4, 0.5) is 4.79 Å². The Balaban J connectivity index is 2.25. The largest absolute Gasteiger partial charge is 0.444 e. The number of amides is 1. The number of hydrogen-bond donors (Lipinski definition) is 1. The second-order valence-electron chi connectivity index (χ2n) is 5.57. The minimum atomic E-state index is -0.417. The van der Waals surface area contributed by atoms with Crippen LogP contribution in [0.2, 0.25) is 0 Å². The average molecular weight is 274 g/mol. The molecule has 0 aromatic heterocycles. The molecule has 1 unspecified atom stereocenters. The van der Waals surface area contributed by atoms with Crippen molar-refractivity contribution in [3.63, 3.8) is 0 Å². The summed E-state index contributed by atoms with van der Waals surface area (Å²) in [5.74, 6) is 2.44. The Morgan fingerprint density at radius 2 is 2.22 bits per heavy atom. The molecule has 0 spiro atoms. The maximum atomic E-state index is 11.9. The zero-order valence-electron chi connectivity index (χ0n) is 12.0. The zero-order valence-corrected chi connectivity index (χ0v) is 12.8. The van der Waals surface area contributed by atoms with Crippen LogP contribution in [-0.2, 0) is 4.74 Å². The van der Waals surface area contributed by atoms with Crippen molar-refractivity contribution in [2.45, 2.75) is 45.8 Å². The van der Waals surface area contributed by atoms with E-state index in [2.05, 4.69) is 5.32 Å². The van der Waals surface area contributed by atoms with Crippen LogP contribution in [0.1, 0.15) is 34.1 Å². The number of hydrogen-bond acceptors (Lipinski definition) is 4. The molecule has 0 bridgehead atoms. The molecule has 0 aliphatic carbocycles. The van der Waals surface area contributed by atoms with Crippen molar-refractivity contribution >= 4 is 17.9 Å². The second-order valence-corrected chi connectivity index (χ2v) is 6.72. The molecule has 1 heterocycles. The molecule has 0 aromatic rings. The molecule has 1 rings (SSSR count). The Labute approximate surface area is 115 Å². The summed E-state index contributed by atoms with van der Waals surface area (Å²) in [6.45, 7) is 9.92. The molecule has 1 aliphatic rings. The van der Waals surface area contributed by atoms with Crippen LogP contribution in [0.3, 0.4) is 0 Å². The molecule has 0 aromatic carbocycles. The van der Waals surface area contributed by atoms with E-state index in [0.717, 1.165) is 6.54 Å². The van der Waals surface area contributed by atoms with Crippen molar-refractivity contribution in [2.24, 2.45) is 0 Å². The summed E-state index contributed by atoms with van der Waals surface area (Å²) in [6.07, 6.45) is 1.02. The summed E-state index contributed by atoms with van der Waals surface area (Å²) in [7, 11) is 0. The number of nitrogens with zero attached hydrogens (tertiary/aromatic N) is 1. The van der Waals surface area contributed by atoms with Crippen LogP contribution < -0.4 is 5.32 Å². The van der Waals surface area contributed by atoms with E-state index in [1.807, 2.05) is 39.5 Å². The normalized spacial score (nSPS) is 19.9. The van der Waals surface area contributed by atoms with E-state index >= 15 is 0 Å². The van der Waals surface area contributed by atoms with Gasteiger partial charge in [-0.15, -0.1) is 0 Å². The van der Waals surface area contributed by atoms with Gasteiger partial charge in [0.15, 0.2) is 0 Å². The van der Waals surface area contributed by atoms with E-state index in [1.54, 1.807) is 4.90 Å². The summed E-state index contributed by atoms with van der Waals surface area (Å²) in [5, 5.41) is 3.49. The monoisotopic (exact) mass is 274 g/mol. The highest BCUT2D eigenvalue weighted by molar-refractivity contribution is 7.99. The van der Waals surface area contributed by atoms with E-state index in [4.69, 9.17) is 4.74 Å². The molecule has 0 saturated carbocycles. The summed E-state index contributed by atoms with van der Waals surface area (Å²) in [6, 6.07) is 0.618. The van der Waals surface area contributed by atoms with Gasteiger partial charge in [-0.05, 0) is 39.9 Å². The van der Waals surface area contributed by atoms with Crippen LogP contribution in [-0.4, -0.2) is 53.8 Å². The molecule has 1 aliphatic heterocycles. The highest BCUT2D eigenvalue weighted by Crippen LogP contribution is 2.16. The third kappa shape index (κ3) is 5.96. The van der Waals surface area contributed by atoms with Crippen molar-refractivity contribution in [1.82, 2.24) is 10.2 Å². The topological polar surface area (TPSA) is 41.6 Å². The highest BCUT2D eigenvalue weighted by atomic mass is 32.2. The van der Waals surface area contributed by atoms with Crippen molar-refractivity contribution in [1.29, 1.82) is 0 Å². The summed E-state index contributed by atoms with van der Waals surface area (Å²) < 4.78 is 5.37.